The van der Waals surface area contributed by atoms with Crippen LogP contribution in [0.5, 0.6) is 0 Å². The summed E-state index contributed by atoms with van der Waals surface area (Å²) in [7, 11) is 0. The van der Waals surface area contributed by atoms with E-state index >= 15 is 0 Å². The first-order valence-electron chi connectivity index (χ1n) is 5.40. The van der Waals surface area contributed by atoms with Gasteiger partial charge in [-0.15, -0.1) is 0 Å². The van der Waals surface area contributed by atoms with Gasteiger partial charge in [0.1, 0.15) is 0 Å². The van der Waals surface area contributed by atoms with Crippen LogP contribution in [0.25, 0.3) is 10.9 Å². The Morgan fingerprint density at radius 3 is 2.31 bits per heavy atom. The van der Waals surface area contributed by atoms with Crippen LogP contribution in [0.1, 0.15) is 22.4 Å². The fourth-order valence-electron chi connectivity index (χ4n) is 2.06. The summed E-state index contributed by atoms with van der Waals surface area (Å²) in [4.78, 5) is 4.65. The molecule has 3 heteroatoms. The van der Waals surface area contributed by atoms with Crippen molar-refractivity contribution in [2.75, 3.05) is 5.43 Å². The van der Waals surface area contributed by atoms with Crippen LogP contribution in [0, 0.1) is 27.7 Å². The molecule has 0 amide bonds. The van der Waals surface area contributed by atoms with Crippen LogP contribution in [0.15, 0.2) is 12.1 Å². The van der Waals surface area contributed by atoms with Crippen LogP contribution in [0.3, 0.4) is 0 Å². The van der Waals surface area contributed by atoms with E-state index in [1.807, 2.05) is 13.8 Å². The zero-order valence-corrected chi connectivity index (χ0v) is 10.2. The van der Waals surface area contributed by atoms with E-state index in [0.29, 0.717) is 0 Å². The van der Waals surface area contributed by atoms with Crippen molar-refractivity contribution in [1.29, 1.82) is 0 Å². The van der Waals surface area contributed by atoms with Gasteiger partial charge in [0.25, 0.3) is 0 Å². The van der Waals surface area contributed by atoms with Gasteiger partial charge in [-0.05, 0) is 44.4 Å². The van der Waals surface area contributed by atoms with E-state index in [1.165, 1.54) is 11.1 Å². The first-order valence-corrected chi connectivity index (χ1v) is 5.40. The predicted octanol–water partition coefficient (Wildman–Crippen LogP) is 2.75. The molecule has 0 radical (unpaired) electrons. The second-order valence-electron chi connectivity index (χ2n) is 4.26. The van der Waals surface area contributed by atoms with Gasteiger partial charge in [0.15, 0.2) is 0 Å². The van der Waals surface area contributed by atoms with Gasteiger partial charge in [-0.2, -0.15) is 0 Å². The van der Waals surface area contributed by atoms with Gasteiger partial charge >= 0.3 is 0 Å². The standard InChI is InChI=1S/C13H17N3/c1-7-5-6-8(2)12-11(7)13(16-14)9(3)10(4)15-12/h5-6H,14H2,1-4H3,(H,15,16). The van der Waals surface area contributed by atoms with Crippen LogP contribution in [-0.4, -0.2) is 4.98 Å². The molecule has 84 valence electrons. The lowest BCUT2D eigenvalue weighted by molar-refractivity contribution is 1.17. The van der Waals surface area contributed by atoms with Crippen molar-refractivity contribution in [2.45, 2.75) is 27.7 Å². The molecule has 0 fully saturated rings. The highest BCUT2D eigenvalue weighted by molar-refractivity contribution is 5.97. The minimum absolute atomic E-state index is 0.990. The predicted molar refractivity (Wildman–Crippen MR) is 68.5 cm³/mol. The van der Waals surface area contributed by atoms with Gasteiger partial charge < -0.3 is 5.43 Å². The van der Waals surface area contributed by atoms with E-state index in [1.54, 1.807) is 0 Å². The lowest BCUT2D eigenvalue weighted by Crippen LogP contribution is -2.11. The number of nitrogen functional groups attached to an aromatic ring is 1. The number of hydrazine groups is 1. The Bertz CT molecular complexity index is 559. The van der Waals surface area contributed by atoms with E-state index in [2.05, 4.69) is 36.4 Å². The summed E-state index contributed by atoms with van der Waals surface area (Å²) in [6.07, 6.45) is 0. The monoisotopic (exact) mass is 215 g/mol. The third-order valence-electron chi connectivity index (χ3n) is 3.18. The molecule has 0 bridgehead atoms. The number of aryl methyl sites for hydroxylation is 3. The van der Waals surface area contributed by atoms with Gasteiger partial charge in [0.05, 0.1) is 11.2 Å². The minimum atomic E-state index is 0.990. The summed E-state index contributed by atoms with van der Waals surface area (Å²) in [6, 6.07) is 4.20. The van der Waals surface area contributed by atoms with Crippen molar-refractivity contribution in [3.63, 3.8) is 0 Å². The number of anilines is 1. The number of nitrogens with two attached hydrogens (primary N) is 1. The third kappa shape index (κ3) is 1.44. The molecule has 0 atom stereocenters. The highest BCUT2D eigenvalue weighted by Crippen LogP contribution is 2.31. The summed E-state index contributed by atoms with van der Waals surface area (Å²) in [5.41, 5.74) is 9.35. The number of aromatic nitrogens is 1. The highest BCUT2D eigenvalue weighted by atomic mass is 15.2. The zero-order chi connectivity index (χ0) is 11.9. The van der Waals surface area contributed by atoms with Crippen molar-refractivity contribution in [3.05, 3.63) is 34.5 Å². The van der Waals surface area contributed by atoms with E-state index in [-0.39, 0.29) is 0 Å². The lowest BCUT2D eigenvalue weighted by Gasteiger charge is -2.14. The van der Waals surface area contributed by atoms with Crippen LogP contribution >= 0.6 is 0 Å². The molecular weight excluding hydrogens is 198 g/mol. The smallest absolute Gasteiger partial charge is 0.0758 e. The van der Waals surface area contributed by atoms with Crippen molar-refractivity contribution < 1.29 is 0 Å². The molecule has 1 aromatic carbocycles. The number of hydrogen-bond acceptors (Lipinski definition) is 3. The average Bonchev–Trinajstić information content (AvgIpc) is 2.26. The van der Waals surface area contributed by atoms with Crippen molar-refractivity contribution in [3.8, 4) is 0 Å². The summed E-state index contributed by atoms with van der Waals surface area (Å²) >= 11 is 0. The maximum atomic E-state index is 5.63. The Morgan fingerprint density at radius 1 is 1.06 bits per heavy atom. The normalized spacial score (nSPS) is 10.8. The number of nitrogens with zero attached hydrogens (tertiary/aromatic N) is 1. The minimum Gasteiger partial charge on any atom is -0.323 e. The van der Waals surface area contributed by atoms with Gasteiger partial charge in [-0.25, -0.2) is 0 Å². The average molecular weight is 215 g/mol. The molecular formula is C13H17N3. The molecule has 3 nitrogen and oxygen atoms in total. The molecule has 1 aromatic heterocycles. The first-order chi connectivity index (χ1) is 7.56. The number of rotatable bonds is 1. The Hall–Kier alpha value is -1.61. The first kappa shape index (κ1) is 10.9. The topological polar surface area (TPSA) is 50.9 Å². The fraction of sp³-hybridized carbons (Fsp3) is 0.308. The highest BCUT2D eigenvalue weighted by Gasteiger charge is 2.11. The fourth-order valence-corrected chi connectivity index (χ4v) is 2.06. The molecule has 0 unspecified atom stereocenters. The number of pyridine rings is 1. The van der Waals surface area contributed by atoms with Crippen molar-refractivity contribution in [2.24, 2.45) is 5.84 Å². The maximum absolute atomic E-state index is 5.63. The van der Waals surface area contributed by atoms with Gasteiger partial charge in [-0.3, -0.25) is 10.8 Å². The number of nitrogens with one attached hydrogen (secondary N) is 1. The Kier molecular flexibility index (Phi) is 2.56. The number of benzene rings is 1. The third-order valence-corrected chi connectivity index (χ3v) is 3.18. The van der Waals surface area contributed by atoms with Crippen molar-refractivity contribution >= 4 is 16.6 Å². The summed E-state index contributed by atoms with van der Waals surface area (Å²) in [5, 5.41) is 1.13. The molecule has 16 heavy (non-hydrogen) atoms. The van der Waals surface area contributed by atoms with Crippen LogP contribution in [-0.2, 0) is 0 Å². The Morgan fingerprint density at radius 2 is 1.69 bits per heavy atom. The maximum Gasteiger partial charge on any atom is 0.0758 e. The second kappa shape index (κ2) is 3.76. The number of fused-ring (bicyclic) bond motifs is 1. The van der Waals surface area contributed by atoms with E-state index in [4.69, 9.17) is 5.84 Å². The molecule has 1 heterocycles. The molecule has 0 saturated carbocycles. The molecule has 2 rings (SSSR count). The lowest BCUT2D eigenvalue weighted by atomic mass is 10.0. The van der Waals surface area contributed by atoms with Crippen LogP contribution < -0.4 is 11.3 Å². The molecule has 2 aromatic rings. The quantitative estimate of drug-likeness (QED) is 0.568. The Balaban J connectivity index is 3.02. The van der Waals surface area contributed by atoms with Gasteiger partial charge in [-0.1, -0.05) is 12.1 Å². The molecule has 0 aliphatic heterocycles. The molecule has 3 N–H and O–H groups in total. The largest absolute Gasteiger partial charge is 0.323 e. The number of hydrogen-bond donors (Lipinski definition) is 2. The van der Waals surface area contributed by atoms with E-state index < -0.39 is 0 Å². The molecule has 0 spiro atoms. The second-order valence-corrected chi connectivity index (χ2v) is 4.26. The zero-order valence-electron chi connectivity index (χ0n) is 10.2. The van der Waals surface area contributed by atoms with E-state index in [0.717, 1.165) is 27.8 Å². The molecule has 0 aliphatic carbocycles. The van der Waals surface area contributed by atoms with Crippen LogP contribution in [0.2, 0.25) is 0 Å². The SMILES string of the molecule is Cc1nc2c(C)ccc(C)c2c(NN)c1C. The van der Waals surface area contributed by atoms with Gasteiger partial charge in [0.2, 0.25) is 0 Å². The summed E-state index contributed by atoms with van der Waals surface area (Å²) in [5.74, 6) is 5.63. The van der Waals surface area contributed by atoms with Gasteiger partial charge in [0, 0.05) is 11.1 Å². The van der Waals surface area contributed by atoms with Crippen LogP contribution in [0.4, 0.5) is 5.69 Å². The Labute approximate surface area is 95.7 Å². The summed E-state index contributed by atoms with van der Waals surface area (Å²) in [6.45, 7) is 8.21. The summed E-state index contributed by atoms with van der Waals surface area (Å²) < 4.78 is 0. The van der Waals surface area contributed by atoms with Crippen molar-refractivity contribution in [1.82, 2.24) is 4.98 Å². The van der Waals surface area contributed by atoms with E-state index in [9.17, 15) is 0 Å². The molecule has 0 saturated heterocycles. The molecule has 0 aliphatic rings.